The van der Waals surface area contributed by atoms with Gasteiger partial charge in [0.25, 0.3) is 10.0 Å². The summed E-state index contributed by atoms with van der Waals surface area (Å²) in [7, 11) is -2.75. The molecule has 0 aromatic heterocycles. The summed E-state index contributed by atoms with van der Waals surface area (Å²) in [6.07, 6.45) is -1.70. The van der Waals surface area contributed by atoms with Gasteiger partial charge in [-0.2, -0.15) is 4.31 Å². The van der Waals surface area contributed by atoms with Gasteiger partial charge in [0.15, 0.2) is 6.23 Å². The van der Waals surface area contributed by atoms with Crippen molar-refractivity contribution in [3.63, 3.8) is 0 Å². The molecule has 0 spiro atoms. The molecule has 1 aliphatic heterocycles. The maximum atomic E-state index is 13.2. The Balaban J connectivity index is 1.95. The number of carbonyl (C=O) groups excluding carboxylic acids is 1. The third-order valence-corrected chi connectivity index (χ3v) is 6.30. The van der Waals surface area contributed by atoms with Crippen molar-refractivity contribution < 1.29 is 32.6 Å². The summed E-state index contributed by atoms with van der Waals surface area (Å²) in [4.78, 5) is 25.0. The quantitative estimate of drug-likeness (QED) is 0.809. The lowest BCUT2D eigenvalue weighted by molar-refractivity contribution is -0.0139. The zero-order valence-corrected chi connectivity index (χ0v) is 17.0. The first-order chi connectivity index (χ1) is 13.0. The predicted octanol–water partition coefficient (Wildman–Crippen LogP) is 2.91. The normalized spacial score (nSPS) is 19.3. The van der Waals surface area contributed by atoms with E-state index in [1.807, 2.05) is 0 Å². The molecule has 0 bridgehead atoms. The van der Waals surface area contributed by atoms with Crippen molar-refractivity contribution >= 4 is 22.2 Å². The molecule has 1 aliphatic carbocycles. The van der Waals surface area contributed by atoms with Crippen LogP contribution in [-0.4, -0.2) is 53.7 Å². The van der Waals surface area contributed by atoms with Crippen LogP contribution in [0.4, 0.5) is 9.59 Å². The number of benzene rings is 1. The maximum absolute atomic E-state index is 13.2. The van der Waals surface area contributed by atoms with Crippen LogP contribution in [0, 0.1) is 0 Å². The topological polar surface area (TPSA) is 113 Å². The summed E-state index contributed by atoms with van der Waals surface area (Å²) < 4.78 is 37.7. The van der Waals surface area contributed by atoms with E-state index in [9.17, 15) is 23.1 Å². The van der Waals surface area contributed by atoms with E-state index < -0.39 is 40.1 Å². The van der Waals surface area contributed by atoms with Crippen LogP contribution in [0.25, 0.3) is 0 Å². The van der Waals surface area contributed by atoms with Gasteiger partial charge in [-0.3, -0.25) is 4.90 Å². The van der Waals surface area contributed by atoms with Crippen LogP contribution in [0.15, 0.2) is 23.1 Å². The van der Waals surface area contributed by atoms with E-state index >= 15 is 0 Å². The summed E-state index contributed by atoms with van der Waals surface area (Å²) in [6.45, 7) is 5.01. The van der Waals surface area contributed by atoms with E-state index in [1.54, 1.807) is 20.8 Å². The first-order valence-electron chi connectivity index (χ1n) is 8.88. The number of fused-ring (bicyclic) bond motifs is 1. The molecule has 1 N–H and O–H groups in total. The second kappa shape index (κ2) is 6.93. The molecule has 1 heterocycles. The number of hydrogen-bond acceptors (Lipinski definition) is 6. The lowest BCUT2D eigenvalue weighted by atomic mass is 10.1. The lowest BCUT2D eigenvalue weighted by Crippen LogP contribution is -2.42. The Hall–Kier alpha value is -2.33. The fraction of sp³-hybridized carbons (Fsp3) is 0.556. The number of amides is 2. The van der Waals surface area contributed by atoms with Crippen molar-refractivity contribution in [3.8, 4) is 0 Å². The summed E-state index contributed by atoms with van der Waals surface area (Å²) in [6, 6.07) is 3.87. The van der Waals surface area contributed by atoms with Gasteiger partial charge in [0, 0.05) is 12.7 Å². The number of carbonyl (C=O) groups is 2. The molecule has 1 saturated carbocycles. The fourth-order valence-electron chi connectivity index (χ4n) is 3.15. The Bertz CT molecular complexity index is 903. The summed E-state index contributed by atoms with van der Waals surface area (Å²) in [5, 5.41) is 9.32. The van der Waals surface area contributed by atoms with Crippen molar-refractivity contribution in [2.45, 2.75) is 62.9 Å². The van der Waals surface area contributed by atoms with Crippen LogP contribution >= 0.6 is 0 Å². The Morgan fingerprint density at radius 1 is 1.25 bits per heavy atom. The van der Waals surface area contributed by atoms with E-state index in [1.165, 1.54) is 25.3 Å². The van der Waals surface area contributed by atoms with Gasteiger partial charge in [-0.25, -0.2) is 18.0 Å². The molecule has 0 saturated heterocycles. The molecule has 2 aliphatic rings. The van der Waals surface area contributed by atoms with Crippen LogP contribution in [-0.2, 0) is 26.0 Å². The van der Waals surface area contributed by atoms with Crippen LogP contribution < -0.4 is 0 Å². The van der Waals surface area contributed by atoms with Crippen LogP contribution in [0.5, 0.6) is 0 Å². The second-order valence-electron chi connectivity index (χ2n) is 7.87. The molecule has 3 rings (SSSR count). The van der Waals surface area contributed by atoms with Gasteiger partial charge in [0.1, 0.15) is 5.60 Å². The Labute approximate surface area is 163 Å². The summed E-state index contributed by atoms with van der Waals surface area (Å²) in [5.41, 5.74) is 0.278. The maximum Gasteiger partial charge on any atom is 0.424 e. The average Bonchev–Trinajstić information content (AvgIpc) is 3.30. The van der Waals surface area contributed by atoms with Gasteiger partial charge in [-0.1, -0.05) is 6.07 Å². The SMILES string of the molecule is COC1c2ccc(S(=O)(=O)N(C(=O)OC(C)(C)C)C3CC3)cc2CN1C(=O)O. The van der Waals surface area contributed by atoms with Crippen LogP contribution in [0.2, 0.25) is 0 Å². The van der Waals surface area contributed by atoms with Crippen LogP contribution in [0.3, 0.4) is 0 Å². The number of carboxylic acid groups (broad SMARTS) is 1. The third kappa shape index (κ3) is 3.79. The van der Waals surface area contributed by atoms with Crippen molar-refractivity contribution in [2.75, 3.05) is 7.11 Å². The van der Waals surface area contributed by atoms with Crippen molar-refractivity contribution in [2.24, 2.45) is 0 Å². The lowest BCUT2D eigenvalue weighted by Gasteiger charge is -2.27. The number of sulfonamides is 1. The fourth-order valence-corrected chi connectivity index (χ4v) is 4.75. The largest absolute Gasteiger partial charge is 0.465 e. The molecule has 1 fully saturated rings. The zero-order chi connectivity index (χ0) is 20.9. The molecular formula is C18H24N2O7S. The molecule has 154 valence electrons. The minimum atomic E-state index is -4.14. The predicted molar refractivity (Wildman–Crippen MR) is 98.0 cm³/mol. The number of hydrogen-bond donors (Lipinski definition) is 1. The minimum absolute atomic E-state index is 0.00238. The first-order valence-corrected chi connectivity index (χ1v) is 10.3. The van der Waals surface area contributed by atoms with Gasteiger partial charge in [0.2, 0.25) is 0 Å². The zero-order valence-electron chi connectivity index (χ0n) is 16.2. The minimum Gasteiger partial charge on any atom is -0.465 e. The highest BCUT2D eigenvalue weighted by molar-refractivity contribution is 7.89. The van der Waals surface area contributed by atoms with E-state index in [-0.39, 0.29) is 11.4 Å². The molecule has 1 atom stereocenters. The van der Waals surface area contributed by atoms with E-state index in [0.717, 1.165) is 9.21 Å². The number of nitrogens with zero attached hydrogens (tertiary/aromatic N) is 2. The molecule has 2 amide bonds. The molecule has 1 aromatic carbocycles. The van der Waals surface area contributed by atoms with Gasteiger partial charge in [0.05, 0.1) is 17.5 Å². The molecular weight excluding hydrogens is 388 g/mol. The second-order valence-corrected chi connectivity index (χ2v) is 9.69. The van der Waals surface area contributed by atoms with E-state index in [0.29, 0.717) is 24.0 Å². The highest BCUT2D eigenvalue weighted by Crippen LogP contribution is 2.38. The third-order valence-electron chi connectivity index (χ3n) is 4.48. The average molecular weight is 412 g/mol. The van der Waals surface area contributed by atoms with Crippen LogP contribution in [0.1, 0.15) is 51.0 Å². The summed E-state index contributed by atoms with van der Waals surface area (Å²) in [5.74, 6) is 0. The highest BCUT2D eigenvalue weighted by atomic mass is 32.2. The standard InChI is InChI=1S/C18H24N2O7S/c1-18(2,3)27-17(23)20(12-5-6-12)28(24,25)13-7-8-14-11(9-13)10-19(16(21)22)15(14)26-4/h7-9,12,15H,5-6,10H2,1-4H3,(H,21,22). The van der Waals surface area contributed by atoms with Gasteiger partial charge in [-0.05, 0) is 51.3 Å². The van der Waals surface area contributed by atoms with E-state index in [2.05, 4.69) is 0 Å². The smallest absolute Gasteiger partial charge is 0.424 e. The molecule has 10 heteroatoms. The van der Waals surface area contributed by atoms with E-state index in [4.69, 9.17) is 9.47 Å². The number of rotatable bonds is 4. The van der Waals surface area contributed by atoms with Gasteiger partial charge in [-0.15, -0.1) is 0 Å². The van der Waals surface area contributed by atoms with Crippen molar-refractivity contribution in [1.82, 2.24) is 9.21 Å². The highest BCUT2D eigenvalue weighted by Gasteiger charge is 2.44. The Kier molecular flexibility index (Phi) is 5.05. The molecule has 28 heavy (non-hydrogen) atoms. The molecule has 9 nitrogen and oxygen atoms in total. The Morgan fingerprint density at radius 2 is 1.89 bits per heavy atom. The molecule has 1 unspecified atom stereocenters. The Morgan fingerprint density at radius 3 is 2.39 bits per heavy atom. The van der Waals surface area contributed by atoms with Crippen molar-refractivity contribution in [3.05, 3.63) is 29.3 Å². The molecule has 0 radical (unpaired) electrons. The number of methoxy groups -OCH3 is 1. The first kappa shape index (κ1) is 20.4. The van der Waals surface area contributed by atoms with Gasteiger partial charge >= 0.3 is 12.2 Å². The van der Waals surface area contributed by atoms with Crippen molar-refractivity contribution in [1.29, 1.82) is 0 Å². The number of ether oxygens (including phenoxy) is 2. The van der Waals surface area contributed by atoms with Gasteiger partial charge < -0.3 is 14.6 Å². The molecule has 1 aromatic rings. The summed E-state index contributed by atoms with van der Waals surface area (Å²) >= 11 is 0. The monoisotopic (exact) mass is 412 g/mol.